The first-order valence-corrected chi connectivity index (χ1v) is 8.68. The average Bonchev–Trinajstić information content (AvgIpc) is 2.45. The molecule has 7 nitrogen and oxygen atoms in total. The highest BCUT2D eigenvalue weighted by molar-refractivity contribution is 7.48. The molecule has 0 aliphatic heterocycles. The quantitative estimate of drug-likeness (QED) is 0.193. The second-order valence-corrected chi connectivity index (χ2v) is 5.54. The lowest BCUT2D eigenvalue weighted by Gasteiger charge is -2.14. The maximum atomic E-state index is 12.1. The molecule has 0 saturated heterocycles. The van der Waals surface area contributed by atoms with E-state index < -0.39 is 7.82 Å². The summed E-state index contributed by atoms with van der Waals surface area (Å²) in [5, 5.41) is 0. The minimum Gasteiger partial charge on any atom is -0.226 e. The first-order chi connectivity index (χ1) is 9.68. The zero-order valence-electron chi connectivity index (χ0n) is 12.7. The van der Waals surface area contributed by atoms with Gasteiger partial charge in [0.15, 0.2) is 0 Å². The Morgan fingerprint density at radius 2 is 0.950 bits per heavy atom. The van der Waals surface area contributed by atoms with Crippen LogP contribution in [0.2, 0.25) is 0 Å². The summed E-state index contributed by atoms with van der Waals surface area (Å²) < 4.78 is 26.0. The summed E-state index contributed by atoms with van der Waals surface area (Å²) in [5.74, 6) is 0. The Labute approximate surface area is 121 Å². The highest BCUT2D eigenvalue weighted by atomic mass is 31.2. The van der Waals surface area contributed by atoms with Crippen molar-refractivity contribution in [2.45, 2.75) is 59.3 Å². The van der Waals surface area contributed by atoms with Gasteiger partial charge in [0.1, 0.15) is 0 Å². The van der Waals surface area contributed by atoms with Gasteiger partial charge >= 0.3 is 7.82 Å². The standard InChI is InChI=1S/C12H27O7P/c1-4-7-10-14-17-20(13,18-15-11-8-5-2)19-16-12-9-6-3/h4-12H2,1-3H3. The third kappa shape index (κ3) is 11.8. The lowest BCUT2D eigenvalue weighted by molar-refractivity contribution is -0.325. The molecule has 0 amide bonds. The van der Waals surface area contributed by atoms with Gasteiger partial charge < -0.3 is 0 Å². The highest BCUT2D eigenvalue weighted by Gasteiger charge is 2.32. The molecule has 8 heteroatoms. The van der Waals surface area contributed by atoms with Gasteiger partial charge in [-0.15, -0.1) is 14.0 Å². The van der Waals surface area contributed by atoms with E-state index in [1.807, 2.05) is 20.8 Å². The smallest absolute Gasteiger partial charge is 0.226 e. The predicted octanol–water partition coefficient (Wildman–Crippen LogP) is 4.34. The van der Waals surface area contributed by atoms with E-state index in [1.54, 1.807) is 0 Å². The molecule has 0 aromatic rings. The monoisotopic (exact) mass is 314 g/mol. The minimum atomic E-state index is -4.01. The van der Waals surface area contributed by atoms with Crippen LogP contribution in [-0.2, 0) is 33.3 Å². The van der Waals surface area contributed by atoms with E-state index >= 15 is 0 Å². The third-order valence-electron chi connectivity index (χ3n) is 2.18. The van der Waals surface area contributed by atoms with Crippen LogP contribution in [0.25, 0.3) is 0 Å². The van der Waals surface area contributed by atoms with Crippen molar-refractivity contribution in [2.75, 3.05) is 19.8 Å². The molecule has 0 aromatic carbocycles. The zero-order chi connectivity index (χ0) is 15.1. The number of rotatable bonds is 15. The fourth-order valence-corrected chi connectivity index (χ4v) is 1.64. The van der Waals surface area contributed by atoms with Crippen LogP contribution in [-0.4, -0.2) is 19.8 Å². The summed E-state index contributed by atoms with van der Waals surface area (Å²) in [7, 11) is -4.01. The van der Waals surface area contributed by atoms with E-state index in [-0.39, 0.29) is 19.8 Å². The topological polar surface area (TPSA) is 72.5 Å². The van der Waals surface area contributed by atoms with Gasteiger partial charge in [0.2, 0.25) is 0 Å². The van der Waals surface area contributed by atoms with E-state index in [1.165, 1.54) is 0 Å². The Hall–Kier alpha value is -0.0100. The van der Waals surface area contributed by atoms with Crippen molar-refractivity contribution in [1.82, 2.24) is 0 Å². The lowest BCUT2D eigenvalue weighted by atomic mass is 10.4. The van der Waals surface area contributed by atoms with Crippen LogP contribution in [0.1, 0.15) is 59.3 Å². The van der Waals surface area contributed by atoms with E-state index in [2.05, 4.69) is 14.0 Å². The van der Waals surface area contributed by atoms with Crippen molar-refractivity contribution in [3.8, 4) is 0 Å². The van der Waals surface area contributed by atoms with Crippen LogP contribution in [0.4, 0.5) is 0 Å². The molecular weight excluding hydrogens is 287 g/mol. The zero-order valence-corrected chi connectivity index (χ0v) is 13.6. The molecule has 0 heterocycles. The fourth-order valence-electron chi connectivity index (χ4n) is 0.953. The van der Waals surface area contributed by atoms with Gasteiger partial charge in [0, 0.05) is 0 Å². The van der Waals surface area contributed by atoms with Crippen LogP contribution < -0.4 is 0 Å². The Bertz CT molecular complexity index is 212. The SMILES string of the molecule is CCCCOOP(=O)(OOCCCC)OOCCCC. The predicted molar refractivity (Wildman–Crippen MR) is 73.4 cm³/mol. The van der Waals surface area contributed by atoms with Crippen molar-refractivity contribution in [3.05, 3.63) is 0 Å². The van der Waals surface area contributed by atoms with Crippen molar-refractivity contribution >= 4 is 7.82 Å². The van der Waals surface area contributed by atoms with Gasteiger partial charge in [-0.2, -0.15) is 0 Å². The largest absolute Gasteiger partial charge is 0.556 e. The van der Waals surface area contributed by atoms with Crippen LogP contribution >= 0.6 is 7.82 Å². The molecule has 0 aliphatic carbocycles. The highest BCUT2D eigenvalue weighted by Crippen LogP contribution is 2.50. The third-order valence-corrected chi connectivity index (χ3v) is 3.04. The van der Waals surface area contributed by atoms with Gasteiger partial charge in [0.05, 0.1) is 19.8 Å². The van der Waals surface area contributed by atoms with Crippen LogP contribution in [0.3, 0.4) is 0 Å². The van der Waals surface area contributed by atoms with Crippen LogP contribution in [0.5, 0.6) is 0 Å². The normalized spacial score (nSPS) is 11.9. The molecule has 0 fully saturated rings. The summed E-state index contributed by atoms with van der Waals surface area (Å²) in [6.07, 6.45) is 5.09. The van der Waals surface area contributed by atoms with Gasteiger partial charge in [0.25, 0.3) is 0 Å². The van der Waals surface area contributed by atoms with Gasteiger partial charge in [-0.3, -0.25) is 0 Å². The number of phosphoric acid groups is 1. The molecule has 0 bridgehead atoms. The molecule has 0 aromatic heterocycles. The van der Waals surface area contributed by atoms with Crippen LogP contribution in [0, 0.1) is 0 Å². The molecule has 0 saturated carbocycles. The maximum Gasteiger partial charge on any atom is 0.556 e. The van der Waals surface area contributed by atoms with Gasteiger partial charge in [-0.25, -0.2) is 19.2 Å². The minimum absolute atomic E-state index is 0.289. The van der Waals surface area contributed by atoms with Crippen molar-refractivity contribution in [3.63, 3.8) is 0 Å². The van der Waals surface area contributed by atoms with E-state index in [0.717, 1.165) is 38.5 Å². The van der Waals surface area contributed by atoms with E-state index in [0.29, 0.717) is 0 Å². The fraction of sp³-hybridized carbons (Fsp3) is 1.00. The molecule has 0 N–H and O–H groups in total. The molecule has 0 spiro atoms. The number of hydrogen-bond acceptors (Lipinski definition) is 7. The van der Waals surface area contributed by atoms with Gasteiger partial charge in [-0.1, -0.05) is 40.0 Å². The van der Waals surface area contributed by atoms with Gasteiger partial charge in [-0.05, 0) is 19.3 Å². The molecule has 0 unspecified atom stereocenters. The number of hydrogen-bond donors (Lipinski definition) is 0. The molecule has 20 heavy (non-hydrogen) atoms. The first kappa shape index (κ1) is 20.0. The molecule has 0 atom stereocenters. The Morgan fingerprint density at radius 3 is 1.20 bits per heavy atom. The lowest BCUT2D eigenvalue weighted by Crippen LogP contribution is -2.05. The number of unbranched alkanes of at least 4 members (excludes halogenated alkanes) is 3. The molecular formula is C12H27O7P. The Balaban J connectivity index is 4.02. The summed E-state index contributed by atoms with van der Waals surface area (Å²) in [5.41, 5.74) is 0. The van der Waals surface area contributed by atoms with E-state index in [4.69, 9.17) is 14.7 Å². The second-order valence-electron chi connectivity index (χ2n) is 4.20. The van der Waals surface area contributed by atoms with Crippen molar-refractivity contribution < 1.29 is 33.3 Å². The molecule has 122 valence electrons. The second kappa shape index (κ2) is 13.9. The molecule has 0 rings (SSSR count). The summed E-state index contributed by atoms with van der Waals surface area (Å²) in [4.78, 5) is 14.3. The first-order valence-electron chi connectivity index (χ1n) is 7.22. The Kier molecular flexibility index (Phi) is 13.9. The summed E-state index contributed by atoms with van der Waals surface area (Å²) >= 11 is 0. The average molecular weight is 314 g/mol. The summed E-state index contributed by atoms with van der Waals surface area (Å²) in [6, 6.07) is 0. The molecule has 0 radical (unpaired) electrons. The maximum absolute atomic E-state index is 12.1. The van der Waals surface area contributed by atoms with E-state index in [9.17, 15) is 4.57 Å². The van der Waals surface area contributed by atoms with Crippen LogP contribution in [0.15, 0.2) is 0 Å². The van der Waals surface area contributed by atoms with Crippen molar-refractivity contribution in [2.24, 2.45) is 0 Å². The summed E-state index contributed by atoms with van der Waals surface area (Å²) in [6.45, 7) is 6.86. The Morgan fingerprint density at radius 1 is 0.650 bits per heavy atom. The van der Waals surface area contributed by atoms with Crippen molar-refractivity contribution in [1.29, 1.82) is 0 Å². The molecule has 0 aliphatic rings.